The topological polar surface area (TPSA) is 69.3 Å². The summed E-state index contributed by atoms with van der Waals surface area (Å²) in [6, 6.07) is 2.57. The standard InChI is InChI=1S/C18H26N4O2/c1-11-9-16(23)20-18(19-11)12(2)21-8-7-15-13(10-21)3-6-17(24)22(15)14-4-5-14/h9,12-15H,3-8,10H2,1-2H3,(H,19,20,23)/t12-,13-,15-/m0/s1. The summed E-state index contributed by atoms with van der Waals surface area (Å²) in [5.41, 5.74) is 0.682. The predicted molar refractivity (Wildman–Crippen MR) is 90.6 cm³/mol. The van der Waals surface area contributed by atoms with Crippen LogP contribution in [0, 0.1) is 12.8 Å². The summed E-state index contributed by atoms with van der Waals surface area (Å²) in [4.78, 5) is 36.1. The number of fused-ring (bicyclic) bond motifs is 1. The maximum atomic E-state index is 12.3. The number of aryl methyl sites for hydroxylation is 1. The van der Waals surface area contributed by atoms with E-state index >= 15 is 0 Å². The van der Waals surface area contributed by atoms with Crippen LogP contribution in [-0.2, 0) is 4.79 Å². The first-order chi connectivity index (χ1) is 11.5. The van der Waals surface area contributed by atoms with Gasteiger partial charge >= 0.3 is 0 Å². The molecule has 0 spiro atoms. The van der Waals surface area contributed by atoms with E-state index < -0.39 is 0 Å². The van der Waals surface area contributed by atoms with Crippen LogP contribution in [0.1, 0.15) is 56.6 Å². The molecule has 4 rings (SSSR count). The van der Waals surface area contributed by atoms with Gasteiger partial charge < -0.3 is 9.88 Å². The second-order valence-corrected chi connectivity index (χ2v) is 7.63. The van der Waals surface area contributed by atoms with Gasteiger partial charge in [-0.3, -0.25) is 14.5 Å². The Hall–Kier alpha value is -1.69. The van der Waals surface area contributed by atoms with Crippen molar-refractivity contribution in [3.05, 3.63) is 27.9 Å². The van der Waals surface area contributed by atoms with E-state index in [1.54, 1.807) is 0 Å². The number of hydrogen-bond acceptors (Lipinski definition) is 4. The molecule has 0 aromatic carbocycles. The summed E-state index contributed by atoms with van der Waals surface area (Å²) in [7, 11) is 0. The van der Waals surface area contributed by atoms with Gasteiger partial charge in [0.05, 0.1) is 6.04 Å². The van der Waals surface area contributed by atoms with E-state index in [9.17, 15) is 9.59 Å². The van der Waals surface area contributed by atoms with Gasteiger partial charge in [-0.1, -0.05) is 0 Å². The van der Waals surface area contributed by atoms with Gasteiger partial charge in [0.2, 0.25) is 5.91 Å². The second-order valence-electron chi connectivity index (χ2n) is 7.63. The molecule has 3 atom stereocenters. The quantitative estimate of drug-likeness (QED) is 0.914. The number of rotatable bonds is 3. The molecule has 0 unspecified atom stereocenters. The monoisotopic (exact) mass is 330 g/mol. The lowest BCUT2D eigenvalue weighted by atomic mass is 9.83. The Morgan fingerprint density at radius 3 is 2.75 bits per heavy atom. The van der Waals surface area contributed by atoms with Gasteiger partial charge in [0.25, 0.3) is 5.56 Å². The Kier molecular flexibility index (Phi) is 3.95. The van der Waals surface area contributed by atoms with Crippen molar-refractivity contribution >= 4 is 5.91 Å². The molecular weight excluding hydrogens is 304 g/mol. The Morgan fingerprint density at radius 1 is 1.25 bits per heavy atom. The fourth-order valence-corrected chi connectivity index (χ4v) is 4.47. The summed E-state index contributed by atoms with van der Waals surface area (Å²) in [6.07, 6.45) is 5.09. The number of aromatic amines is 1. The molecule has 6 nitrogen and oxygen atoms in total. The van der Waals surface area contributed by atoms with Crippen molar-refractivity contribution in [3.8, 4) is 0 Å². The number of carbonyl (C=O) groups excluding carboxylic acids is 1. The predicted octanol–water partition coefficient (Wildman–Crippen LogP) is 1.61. The molecule has 1 aromatic heterocycles. The molecular formula is C18H26N4O2. The van der Waals surface area contributed by atoms with Gasteiger partial charge in [-0.05, 0) is 45.4 Å². The molecule has 1 aromatic rings. The largest absolute Gasteiger partial charge is 0.336 e. The highest BCUT2D eigenvalue weighted by Crippen LogP contribution is 2.40. The lowest BCUT2D eigenvalue weighted by Gasteiger charge is -2.48. The van der Waals surface area contributed by atoms with E-state index in [0.717, 1.165) is 37.4 Å². The minimum atomic E-state index is -0.0811. The summed E-state index contributed by atoms with van der Waals surface area (Å²) in [6.45, 7) is 5.92. The van der Waals surface area contributed by atoms with Crippen LogP contribution >= 0.6 is 0 Å². The van der Waals surface area contributed by atoms with Gasteiger partial charge in [-0.2, -0.15) is 0 Å². The first kappa shape index (κ1) is 15.8. The fourth-order valence-electron chi connectivity index (χ4n) is 4.47. The summed E-state index contributed by atoms with van der Waals surface area (Å²) in [5, 5.41) is 0. The minimum absolute atomic E-state index is 0.0811. The zero-order valence-electron chi connectivity index (χ0n) is 14.5. The molecule has 2 aliphatic heterocycles. The molecule has 6 heteroatoms. The number of nitrogens with zero attached hydrogens (tertiary/aromatic N) is 3. The average Bonchev–Trinajstić information content (AvgIpc) is 3.37. The zero-order chi connectivity index (χ0) is 16.8. The number of amides is 1. The van der Waals surface area contributed by atoms with E-state index in [-0.39, 0.29) is 11.6 Å². The number of likely N-dealkylation sites (tertiary alicyclic amines) is 2. The van der Waals surface area contributed by atoms with Gasteiger partial charge in [0.15, 0.2) is 0 Å². The highest BCUT2D eigenvalue weighted by molar-refractivity contribution is 5.78. The minimum Gasteiger partial charge on any atom is -0.336 e. The SMILES string of the molecule is Cc1cc(=O)[nH]c([C@H](C)N2CC[C@H]3[C@@H](CCC(=O)N3C3CC3)C2)n1. The third-order valence-electron chi connectivity index (χ3n) is 5.87. The van der Waals surface area contributed by atoms with Crippen molar-refractivity contribution < 1.29 is 4.79 Å². The second kappa shape index (κ2) is 5.99. The normalized spacial score (nSPS) is 29.4. The Bertz CT molecular complexity index is 697. The van der Waals surface area contributed by atoms with Gasteiger partial charge in [0, 0.05) is 43.4 Å². The number of nitrogens with one attached hydrogen (secondary N) is 1. The van der Waals surface area contributed by atoms with Crippen molar-refractivity contribution in [2.75, 3.05) is 13.1 Å². The molecule has 2 saturated heterocycles. The van der Waals surface area contributed by atoms with Crippen molar-refractivity contribution in [1.29, 1.82) is 0 Å². The fraction of sp³-hybridized carbons (Fsp3) is 0.722. The summed E-state index contributed by atoms with van der Waals surface area (Å²) in [5.74, 6) is 1.67. The van der Waals surface area contributed by atoms with Crippen molar-refractivity contribution in [2.45, 2.75) is 64.1 Å². The zero-order valence-corrected chi connectivity index (χ0v) is 14.5. The molecule has 0 radical (unpaired) electrons. The lowest BCUT2D eigenvalue weighted by Crippen LogP contribution is -2.57. The average molecular weight is 330 g/mol. The van der Waals surface area contributed by atoms with Crippen molar-refractivity contribution in [1.82, 2.24) is 19.8 Å². The Balaban J connectivity index is 1.49. The van der Waals surface area contributed by atoms with E-state index in [1.165, 1.54) is 18.9 Å². The number of aromatic nitrogens is 2. The first-order valence-corrected chi connectivity index (χ1v) is 9.16. The molecule has 24 heavy (non-hydrogen) atoms. The molecule has 0 bridgehead atoms. The molecule has 1 saturated carbocycles. The van der Waals surface area contributed by atoms with Crippen LogP contribution in [0.3, 0.4) is 0 Å². The smallest absolute Gasteiger partial charge is 0.251 e. The van der Waals surface area contributed by atoms with Gasteiger partial charge in [-0.15, -0.1) is 0 Å². The summed E-state index contributed by atoms with van der Waals surface area (Å²) >= 11 is 0. The third kappa shape index (κ3) is 2.88. The van der Waals surface area contributed by atoms with E-state index in [0.29, 0.717) is 30.3 Å². The highest BCUT2D eigenvalue weighted by Gasteiger charge is 2.45. The van der Waals surface area contributed by atoms with Crippen molar-refractivity contribution in [3.63, 3.8) is 0 Å². The number of piperidine rings is 2. The van der Waals surface area contributed by atoms with Gasteiger partial charge in [0.1, 0.15) is 5.82 Å². The van der Waals surface area contributed by atoms with E-state index in [2.05, 4.69) is 26.7 Å². The van der Waals surface area contributed by atoms with E-state index in [1.807, 2.05) is 6.92 Å². The maximum Gasteiger partial charge on any atom is 0.251 e. The third-order valence-corrected chi connectivity index (χ3v) is 5.87. The van der Waals surface area contributed by atoms with Crippen LogP contribution < -0.4 is 5.56 Å². The number of hydrogen-bond donors (Lipinski definition) is 1. The molecule has 3 heterocycles. The molecule has 3 aliphatic rings. The van der Waals surface area contributed by atoms with Crippen LogP contribution in [0.15, 0.2) is 10.9 Å². The number of carbonyl (C=O) groups is 1. The Labute approximate surface area is 142 Å². The molecule has 3 fully saturated rings. The molecule has 1 amide bonds. The Morgan fingerprint density at radius 2 is 2.04 bits per heavy atom. The molecule has 1 N–H and O–H groups in total. The van der Waals surface area contributed by atoms with Crippen LogP contribution in [0.4, 0.5) is 0 Å². The van der Waals surface area contributed by atoms with Gasteiger partial charge in [-0.25, -0.2) is 4.98 Å². The highest BCUT2D eigenvalue weighted by atomic mass is 16.2. The van der Waals surface area contributed by atoms with E-state index in [4.69, 9.17) is 0 Å². The van der Waals surface area contributed by atoms with Crippen molar-refractivity contribution in [2.24, 2.45) is 5.92 Å². The van der Waals surface area contributed by atoms with Crippen LogP contribution in [0.25, 0.3) is 0 Å². The molecule has 1 aliphatic carbocycles. The summed E-state index contributed by atoms with van der Waals surface area (Å²) < 4.78 is 0. The maximum absolute atomic E-state index is 12.3. The van der Waals surface area contributed by atoms with Crippen LogP contribution in [-0.4, -0.2) is 50.8 Å². The molecule has 130 valence electrons. The first-order valence-electron chi connectivity index (χ1n) is 9.16. The van der Waals surface area contributed by atoms with Crippen LogP contribution in [0.2, 0.25) is 0 Å². The van der Waals surface area contributed by atoms with Crippen LogP contribution in [0.5, 0.6) is 0 Å². The lowest BCUT2D eigenvalue weighted by molar-refractivity contribution is -0.142. The number of H-pyrrole nitrogens is 1.